The van der Waals surface area contributed by atoms with Crippen LogP contribution >= 0.6 is 0 Å². The molecule has 48 valence electrons. The van der Waals surface area contributed by atoms with Gasteiger partial charge in [-0.05, 0) is 7.05 Å². The molecule has 0 bridgehead atoms. The molecule has 0 aromatic carbocycles. The van der Waals surface area contributed by atoms with Crippen LogP contribution in [0.5, 0.6) is 0 Å². The highest BCUT2D eigenvalue weighted by molar-refractivity contribution is 4.89. The lowest BCUT2D eigenvalue weighted by molar-refractivity contribution is 0.0476. The number of nitrogens with zero attached hydrogens (tertiary/aromatic N) is 1. The zero-order valence-corrected chi connectivity index (χ0v) is 5.65. The minimum atomic E-state index is 0.439. The Balaban J connectivity index is 2.30. The number of hydrogen-bond donors (Lipinski definition) is 1. The molecule has 1 aliphatic rings. The smallest absolute Gasteiger partial charge is 0.00569 e. The molecule has 0 aliphatic carbocycles. The molecule has 1 aliphatic heterocycles. The second-order valence-corrected chi connectivity index (χ2v) is 3.19. The Morgan fingerprint density at radius 2 is 2.12 bits per heavy atom. The van der Waals surface area contributed by atoms with Crippen molar-refractivity contribution in [2.75, 3.05) is 26.7 Å². The molecule has 1 heterocycles. The Hall–Kier alpha value is -0.0800. The first-order valence-electron chi connectivity index (χ1n) is 3.05. The molecule has 1 rings (SSSR count). The third-order valence-electron chi connectivity index (χ3n) is 1.80. The summed E-state index contributed by atoms with van der Waals surface area (Å²) in [5, 5.41) is 0. The molecule has 0 aromatic heterocycles. The van der Waals surface area contributed by atoms with Crippen LogP contribution in [-0.4, -0.2) is 31.6 Å². The first kappa shape index (κ1) is 6.05. The monoisotopic (exact) mass is 114 g/mol. The highest BCUT2D eigenvalue weighted by Gasteiger charge is 2.34. The first-order chi connectivity index (χ1) is 3.66. The Bertz CT molecular complexity index is 84.5. The molecule has 0 amide bonds. The van der Waals surface area contributed by atoms with Crippen LogP contribution in [0.25, 0.3) is 0 Å². The van der Waals surface area contributed by atoms with E-state index in [1.165, 1.54) is 13.1 Å². The molecule has 1 saturated heterocycles. The van der Waals surface area contributed by atoms with Crippen molar-refractivity contribution >= 4 is 0 Å². The topological polar surface area (TPSA) is 29.3 Å². The van der Waals surface area contributed by atoms with Crippen molar-refractivity contribution in [3.8, 4) is 0 Å². The van der Waals surface area contributed by atoms with Crippen molar-refractivity contribution < 1.29 is 0 Å². The largest absolute Gasteiger partial charge is 0.330 e. The van der Waals surface area contributed by atoms with E-state index < -0.39 is 0 Å². The third kappa shape index (κ3) is 0.858. The number of rotatable bonds is 1. The predicted molar refractivity (Wildman–Crippen MR) is 34.7 cm³/mol. The van der Waals surface area contributed by atoms with Gasteiger partial charge in [0.15, 0.2) is 0 Å². The minimum absolute atomic E-state index is 0.439. The van der Waals surface area contributed by atoms with Gasteiger partial charge in [-0.3, -0.25) is 0 Å². The van der Waals surface area contributed by atoms with Gasteiger partial charge in [0.05, 0.1) is 0 Å². The predicted octanol–water partition coefficient (Wildman–Crippen LogP) is -0.103. The molecule has 0 aromatic rings. The lowest BCUT2D eigenvalue weighted by atomic mass is 9.83. The van der Waals surface area contributed by atoms with Crippen LogP contribution in [0.1, 0.15) is 6.92 Å². The van der Waals surface area contributed by atoms with E-state index in [4.69, 9.17) is 5.73 Å². The number of likely N-dealkylation sites (tertiary alicyclic amines) is 1. The minimum Gasteiger partial charge on any atom is -0.330 e. The molecule has 2 heteroatoms. The molecular formula is C6H14N2. The van der Waals surface area contributed by atoms with Gasteiger partial charge in [0.25, 0.3) is 0 Å². The van der Waals surface area contributed by atoms with E-state index in [9.17, 15) is 0 Å². The fraction of sp³-hybridized carbons (Fsp3) is 1.00. The highest BCUT2D eigenvalue weighted by Crippen LogP contribution is 2.25. The molecule has 0 radical (unpaired) electrons. The first-order valence-corrected chi connectivity index (χ1v) is 3.05. The van der Waals surface area contributed by atoms with Crippen molar-refractivity contribution in [3.63, 3.8) is 0 Å². The van der Waals surface area contributed by atoms with Crippen molar-refractivity contribution in [2.45, 2.75) is 6.92 Å². The van der Waals surface area contributed by atoms with E-state index >= 15 is 0 Å². The Morgan fingerprint density at radius 1 is 1.62 bits per heavy atom. The van der Waals surface area contributed by atoms with E-state index in [0.29, 0.717) is 5.41 Å². The van der Waals surface area contributed by atoms with Gasteiger partial charge >= 0.3 is 0 Å². The lowest BCUT2D eigenvalue weighted by Crippen LogP contribution is -2.56. The molecule has 0 unspecified atom stereocenters. The highest BCUT2D eigenvalue weighted by atomic mass is 15.2. The summed E-state index contributed by atoms with van der Waals surface area (Å²) in [7, 11) is 2.12. The van der Waals surface area contributed by atoms with Gasteiger partial charge in [0.2, 0.25) is 0 Å². The molecular weight excluding hydrogens is 100 g/mol. The molecule has 0 saturated carbocycles. The van der Waals surface area contributed by atoms with Crippen LogP contribution in [0.15, 0.2) is 0 Å². The summed E-state index contributed by atoms with van der Waals surface area (Å²) in [6.07, 6.45) is 0. The summed E-state index contributed by atoms with van der Waals surface area (Å²) in [6.45, 7) is 5.40. The van der Waals surface area contributed by atoms with Crippen LogP contribution in [0.4, 0.5) is 0 Å². The van der Waals surface area contributed by atoms with Crippen LogP contribution in [0.3, 0.4) is 0 Å². The summed E-state index contributed by atoms with van der Waals surface area (Å²) in [4.78, 5) is 2.28. The molecule has 0 atom stereocenters. The van der Waals surface area contributed by atoms with Gasteiger partial charge in [-0.15, -0.1) is 0 Å². The fourth-order valence-corrected chi connectivity index (χ4v) is 1.39. The molecule has 2 nitrogen and oxygen atoms in total. The SMILES string of the molecule is CN1CC(C)(CN)C1. The molecule has 8 heavy (non-hydrogen) atoms. The zero-order chi connectivity index (χ0) is 6.20. The van der Waals surface area contributed by atoms with E-state index in [0.717, 1.165) is 6.54 Å². The van der Waals surface area contributed by atoms with Crippen molar-refractivity contribution in [1.29, 1.82) is 0 Å². The maximum Gasteiger partial charge on any atom is 0.00569 e. The quantitative estimate of drug-likeness (QED) is 0.515. The summed E-state index contributed by atoms with van der Waals surface area (Å²) in [6, 6.07) is 0. The van der Waals surface area contributed by atoms with Crippen LogP contribution in [0, 0.1) is 5.41 Å². The van der Waals surface area contributed by atoms with Crippen molar-refractivity contribution in [3.05, 3.63) is 0 Å². The normalized spacial score (nSPS) is 27.4. The van der Waals surface area contributed by atoms with Crippen molar-refractivity contribution in [2.24, 2.45) is 11.1 Å². The zero-order valence-electron chi connectivity index (χ0n) is 5.65. The fourth-order valence-electron chi connectivity index (χ4n) is 1.39. The lowest BCUT2D eigenvalue weighted by Gasteiger charge is -2.45. The van der Waals surface area contributed by atoms with Crippen LogP contribution < -0.4 is 5.73 Å². The maximum absolute atomic E-state index is 5.50. The number of nitrogens with two attached hydrogens (primary N) is 1. The van der Waals surface area contributed by atoms with Gasteiger partial charge in [0.1, 0.15) is 0 Å². The third-order valence-corrected chi connectivity index (χ3v) is 1.80. The van der Waals surface area contributed by atoms with E-state index in [-0.39, 0.29) is 0 Å². The standard InChI is InChI=1S/C6H14N2/c1-6(3-7)4-8(2)5-6/h3-5,7H2,1-2H3. The molecule has 0 spiro atoms. The Labute approximate surface area is 50.7 Å². The average molecular weight is 114 g/mol. The Kier molecular flexibility index (Phi) is 1.29. The van der Waals surface area contributed by atoms with E-state index in [2.05, 4.69) is 18.9 Å². The summed E-state index contributed by atoms with van der Waals surface area (Å²) in [5.41, 5.74) is 5.94. The second kappa shape index (κ2) is 1.71. The Morgan fingerprint density at radius 3 is 2.25 bits per heavy atom. The van der Waals surface area contributed by atoms with Gasteiger partial charge in [-0.25, -0.2) is 0 Å². The summed E-state index contributed by atoms with van der Waals surface area (Å²) >= 11 is 0. The van der Waals surface area contributed by atoms with Crippen molar-refractivity contribution in [1.82, 2.24) is 4.90 Å². The van der Waals surface area contributed by atoms with Gasteiger partial charge in [-0.1, -0.05) is 6.92 Å². The van der Waals surface area contributed by atoms with Gasteiger partial charge in [-0.2, -0.15) is 0 Å². The van der Waals surface area contributed by atoms with Crippen LogP contribution in [-0.2, 0) is 0 Å². The van der Waals surface area contributed by atoms with Gasteiger partial charge < -0.3 is 10.6 Å². The summed E-state index contributed by atoms with van der Waals surface area (Å²) < 4.78 is 0. The average Bonchev–Trinajstić information content (AvgIpc) is 1.63. The summed E-state index contributed by atoms with van der Waals surface area (Å²) in [5.74, 6) is 0. The number of hydrogen-bond acceptors (Lipinski definition) is 2. The van der Waals surface area contributed by atoms with Crippen LogP contribution in [0.2, 0.25) is 0 Å². The molecule has 2 N–H and O–H groups in total. The van der Waals surface area contributed by atoms with E-state index in [1.54, 1.807) is 0 Å². The molecule has 1 fully saturated rings. The van der Waals surface area contributed by atoms with E-state index in [1.807, 2.05) is 0 Å². The second-order valence-electron chi connectivity index (χ2n) is 3.19. The maximum atomic E-state index is 5.50. The van der Waals surface area contributed by atoms with Gasteiger partial charge in [0, 0.05) is 25.0 Å².